The molecule has 82 valence electrons. The van der Waals surface area contributed by atoms with Gasteiger partial charge in [0.25, 0.3) is 0 Å². The number of ketones is 1. The van der Waals surface area contributed by atoms with Crippen molar-refractivity contribution in [1.82, 2.24) is 4.98 Å². The maximum Gasteiger partial charge on any atom is 0.166 e. The fourth-order valence-electron chi connectivity index (χ4n) is 1.43. The number of methoxy groups -OCH3 is 1. The van der Waals surface area contributed by atoms with E-state index < -0.39 is 0 Å². The molecule has 0 amide bonds. The molecule has 0 radical (unpaired) electrons. The minimum Gasteiger partial charge on any atom is -0.383 e. The molecule has 0 bridgehead atoms. The van der Waals surface area contributed by atoms with Crippen LogP contribution in [0.25, 0.3) is 0 Å². The molecule has 0 aromatic carbocycles. The van der Waals surface area contributed by atoms with Crippen LogP contribution in [0.1, 0.15) is 18.9 Å². The SMILES string of the molecule is CCC(OC)C(=O)Cc1cccnc1N. The second-order valence-electron chi connectivity index (χ2n) is 3.32. The Bertz CT molecular complexity index is 335. The van der Waals surface area contributed by atoms with Crippen molar-refractivity contribution in [3.05, 3.63) is 23.9 Å². The molecule has 4 nitrogen and oxygen atoms in total. The van der Waals surface area contributed by atoms with Crippen molar-refractivity contribution in [3.8, 4) is 0 Å². The molecule has 0 spiro atoms. The van der Waals surface area contributed by atoms with E-state index in [0.717, 1.165) is 5.56 Å². The largest absolute Gasteiger partial charge is 0.383 e. The first kappa shape index (κ1) is 11.7. The maximum absolute atomic E-state index is 11.7. The summed E-state index contributed by atoms with van der Waals surface area (Å²) in [4.78, 5) is 15.6. The van der Waals surface area contributed by atoms with Crippen molar-refractivity contribution in [2.45, 2.75) is 25.9 Å². The zero-order valence-electron chi connectivity index (χ0n) is 9.06. The van der Waals surface area contributed by atoms with Crippen molar-refractivity contribution in [2.24, 2.45) is 0 Å². The lowest BCUT2D eigenvalue weighted by Gasteiger charge is -2.11. The monoisotopic (exact) mass is 208 g/mol. The number of nitrogens with zero attached hydrogens (tertiary/aromatic N) is 1. The second-order valence-corrected chi connectivity index (χ2v) is 3.32. The summed E-state index contributed by atoms with van der Waals surface area (Å²) in [7, 11) is 1.54. The molecule has 0 fully saturated rings. The molecule has 0 aliphatic carbocycles. The topological polar surface area (TPSA) is 65.2 Å². The molecule has 1 rings (SSSR count). The molecular formula is C11H16N2O2. The average Bonchev–Trinajstić information content (AvgIpc) is 2.23. The number of carbonyl (C=O) groups excluding carboxylic acids is 1. The smallest absolute Gasteiger partial charge is 0.166 e. The van der Waals surface area contributed by atoms with Gasteiger partial charge in [0.05, 0.1) is 0 Å². The van der Waals surface area contributed by atoms with E-state index in [2.05, 4.69) is 4.98 Å². The van der Waals surface area contributed by atoms with Crippen LogP contribution in [0.15, 0.2) is 18.3 Å². The third kappa shape index (κ3) is 3.02. The summed E-state index contributed by atoms with van der Waals surface area (Å²) in [6.07, 6.45) is 2.22. The molecule has 1 aromatic heterocycles. The minimum atomic E-state index is -0.343. The van der Waals surface area contributed by atoms with Gasteiger partial charge in [-0.1, -0.05) is 13.0 Å². The number of hydrogen-bond donors (Lipinski definition) is 1. The Balaban J connectivity index is 2.70. The van der Waals surface area contributed by atoms with Crippen molar-refractivity contribution in [3.63, 3.8) is 0 Å². The van der Waals surface area contributed by atoms with Gasteiger partial charge in [-0.2, -0.15) is 0 Å². The number of hydrogen-bond acceptors (Lipinski definition) is 4. The molecular weight excluding hydrogens is 192 g/mol. The highest BCUT2D eigenvalue weighted by atomic mass is 16.5. The number of Topliss-reactive ketones (excluding diaryl/α,β-unsaturated/α-hetero) is 1. The van der Waals surface area contributed by atoms with E-state index in [-0.39, 0.29) is 18.3 Å². The van der Waals surface area contributed by atoms with Gasteiger partial charge in [0.1, 0.15) is 11.9 Å². The zero-order chi connectivity index (χ0) is 11.3. The van der Waals surface area contributed by atoms with Gasteiger partial charge in [-0.3, -0.25) is 4.79 Å². The molecule has 0 saturated heterocycles. The Morgan fingerprint density at radius 3 is 2.93 bits per heavy atom. The summed E-state index contributed by atoms with van der Waals surface area (Å²) in [6.45, 7) is 1.92. The van der Waals surface area contributed by atoms with Crippen LogP contribution in [0, 0.1) is 0 Å². The van der Waals surface area contributed by atoms with Gasteiger partial charge in [-0.25, -0.2) is 4.98 Å². The first-order valence-electron chi connectivity index (χ1n) is 4.94. The summed E-state index contributed by atoms with van der Waals surface area (Å²) in [5.74, 6) is 0.455. The number of pyridine rings is 1. The molecule has 0 saturated carbocycles. The van der Waals surface area contributed by atoms with Gasteiger partial charge in [-0.15, -0.1) is 0 Å². The lowest BCUT2D eigenvalue weighted by Crippen LogP contribution is -2.24. The Hall–Kier alpha value is -1.42. The van der Waals surface area contributed by atoms with Crippen molar-refractivity contribution < 1.29 is 9.53 Å². The van der Waals surface area contributed by atoms with E-state index in [4.69, 9.17) is 10.5 Å². The maximum atomic E-state index is 11.7. The van der Waals surface area contributed by atoms with Crippen LogP contribution in [0.5, 0.6) is 0 Å². The molecule has 1 unspecified atom stereocenters. The predicted molar refractivity (Wildman–Crippen MR) is 58.4 cm³/mol. The van der Waals surface area contributed by atoms with Gasteiger partial charge >= 0.3 is 0 Å². The third-order valence-electron chi connectivity index (χ3n) is 2.31. The standard InChI is InChI=1S/C11H16N2O2/c1-3-10(15-2)9(14)7-8-5-4-6-13-11(8)12/h4-6,10H,3,7H2,1-2H3,(H2,12,13). The highest BCUT2D eigenvalue weighted by molar-refractivity contribution is 5.86. The Labute approximate surface area is 89.5 Å². The predicted octanol–water partition coefficient (Wildman–Crippen LogP) is 1.20. The summed E-state index contributed by atoms with van der Waals surface area (Å²) in [5.41, 5.74) is 6.41. The van der Waals surface area contributed by atoms with E-state index in [9.17, 15) is 4.79 Å². The number of ether oxygens (including phenoxy) is 1. The van der Waals surface area contributed by atoms with Gasteiger partial charge in [0.2, 0.25) is 0 Å². The molecule has 0 aliphatic heterocycles. The van der Waals surface area contributed by atoms with Gasteiger partial charge in [0, 0.05) is 25.3 Å². The van der Waals surface area contributed by atoms with E-state index in [1.54, 1.807) is 19.4 Å². The van der Waals surface area contributed by atoms with Crippen molar-refractivity contribution >= 4 is 11.6 Å². The summed E-state index contributed by atoms with van der Waals surface area (Å²) < 4.78 is 5.06. The lowest BCUT2D eigenvalue weighted by molar-refractivity contribution is -0.128. The highest BCUT2D eigenvalue weighted by Crippen LogP contribution is 2.11. The van der Waals surface area contributed by atoms with Crippen LogP contribution in [-0.4, -0.2) is 24.0 Å². The Morgan fingerprint density at radius 1 is 1.67 bits per heavy atom. The Morgan fingerprint density at radius 2 is 2.40 bits per heavy atom. The van der Waals surface area contributed by atoms with Gasteiger partial charge in [0.15, 0.2) is 5.78 Å². The average molecular weight is 208 g/mol. The quantitative estimate of drug-likeness (QED) is 0.789. The number of carbonyl (C=O) groups is 1. The summed E-state index contributed by atoms with van der Waals surface area (Å²) in [5, 5.41) is 0. The highest BCUT2D eigenvalue weighted by Gasteiger charge is 2.16. The number of nitrogens with two attached hydrogens (primary N) is 1. The molecule has 1 aromatic rings. The summed E-state index contributed by atoms with van der Waals surface area (Å²) in [6, 6.07) is 3.58. The molecule has 2 N–H and O–H groups in total. The lowest BCUT2D eigenvalue weighted by atomic mass is 10.0. The van der Waals surface area contributed by atoms with Crippen LogP contribution in [0.3, 0.4) is 0 Å². The number of anilines is 1. The fraction of sp³-hybridized carbons (Fsp3) is 0.455. The normalized spacial score (nSPS) is 12.4. The van der Waals surface area contributed by atoms with Crippen molar-refractivity contribution in [1.29, 1.82) is 0 Å². The van der Waals surface area contributed by atoms with E-state index in [0.29, 0.717) is 12.2 Å². The number of rotatable bonds is 5. The third-order valence-corrected chi connectivity index (χ3v) is 2.31. The first-order valence-corrected chi connectivity index (χ1v) is 4.94. The minimum absolute atomic E-state index is 0.0414. The van der Waals surface area contributed by atoms with E-state index in [1.807, 2.05) is 13.0 Å². The first-order chi connectivity index (χ1) is 7.19. The van der Waals surface area contributed by atoms with E-state index >= 15 is 0 Å². The molecule has 0 aliphatic rings. The van der Waals surface area contributed by atoms with Crippen LogP contribution in [0.4, 0.5) is 5.82 Å². The van der Waals surface area contributed by atoms with Gasteiger partial charge < -0.3 is 10.5 Å². The van der Waals surface area contributed by atoms with Crippen LogP contribution >= 0.6 is 0 Å². The number of aromatic nitrogens is 1. The zero-order valence-corrected chi connectivity index (χ0v) is 9.06. The van der Waals surface area contributed by atoms with Crippen molar-refractivity contribution in [2.75, 3.05) is 12.8 Å². The van der Waals surface area contributed by atoms with Crippen LogP contribution in [0.2, 0.25) is 0 Å². The van der Waals surface area contributed by atoms with Crippen LogP contribution in [-0.2, 0) is 16.0 Å². The summed E-state index contributed by atoms with van der Waals surface area (Å²) >= 11 is 0. The second kappa shape index (κ2) is 5.46. The molecule has 15 heavy (non-hydrogen) atoms. The number of nitrogen functional groups attached to an aromatic ring is 1. The molecule has 1 heterocycles. The molecule has 1 atom stereocenters. The fourth-order valence-corrected chi connectivity index (χ4v) is 1.43. The van der Waals surface area contributed by atoms with E-state index in [1.165, 1.54) is 0 Å². The van der Waals surface area contributed by atoms with Crippen LogP contribution < -0.4 is 5.73 Å². The Kier molecular flexibility index (Phi) is 4.24. The molecule has 4 heteroatoms. The van der Waals surface area contributed by atoms with Gasteiger partial charge in [-0.05, 0) is 12.5 Å².